The minimum absolute atomic E-state index is 0.133. The van der Waals surface area contributed by atoms with Crippen molar-refractivity contribution in [2.75, 3.05) is 12.3 Å². The van der Waals surface area contributed by atoms with E-state index in [-0.39, 0.29) is 5.82 Å². The molecule has 1 aliphatic carbocycles. The van der Waals surface area contributed by atoms with Crippen LogP contribution in [-0.2, 0) is 0 Å². The van der Waals surface area contributed by atoms with Gasteiger partial charge in [-0.25, -0.2) is 4.39 Å². The lowest BCUT2D eigenvalue weighted by Crippen LogP contribution is -2.32. The van der Waals surface area contributed by atoms with Gasteiger partial charge in [-0.1, -0.05) is 19.4 Å². The molecule has 2 atom stereocenters. The molecule has 0 saturated heterocycles. The van der Waals surface area contributed by atoms with E-state index in [4.69, 9.17) is 0 Å². The first kappa shape index (κ1) is 13.9. The van der Waals surface area contributed by atoms with Crippen LogP contribution >= 0.6 is 11.8 Å². The second-order valence-corrected chi connectivity index (χ2v) is 6.12. The van der Waals surface area contributed by atoms with E-state index in [9.17, 15) is 4.39 Å². The molecule has 0 radical (unpaired) electrons. The van der Waals surface area contributed by atoms with Gasteiger partial charge < -0.3 is 5.32 Å². The zero-order valence-electron chi connectivity index (χ0n) is 11.0. The zero-order chi connectivity index (χ0) is 12.8. The number of nitrogens with one attached hydrogen (secondary N) is 1. The summed E-state index contributed by atoms with van der Waals surface area (Å²) in [5.74, 6) is 1.77. The Balaban J connectivity index is 1.74. The Morgan fingerprint density at radius 3 is 3.06 bits per heavy atom. The molecule has 0 heterocycles. The molecule has 1 nitrogen and oxygen atoms in total. The number of thioether (sulfide) groups is 1. The van der Waals surface area contributed by atoms with Gasteiger partial charge in [-0.05, 0) is 55.7 Å². The standard InChI is InChI=1S/C15H22FNS/c1-2-17-15-8-3-5-12(15)9-10-18-14-7-4-6-13(16)11-14/h4,6-7,11-12,15,17H,2-3,5,8-10H2,1H3. The number of halogens is 1. The molecular weight excluding hydrogens is 245 g/mol. The zero-order valence-corrected chi connectivity index (χ0v) is 11.8. The topological polar surface area (TPSA) is 12.0 Å². The number of hydrogen-bond donors (Lipinski definition) is 1. The summed E-state index contributed by atoms with van der Waals surface area (Å²) >= 11 is 1.77. The molecule has 100 valence electrons. The molecule has 18 heavy (non-hydrogen) atoms. The van der Waals surface area contributed by atoms with Crippen molar-refractivity contribution >= 4 is 11.8 Å². The Morgan fingerprint density at radius 1 is 1.39 bits per heavy atom. The molecule has 0 spiro atoms. The van der Waals surface area contributed by atoms with Crippen LogP contribution in [0.3, 0.4) is 0 Å². The summed E-state index contributed by atoms with van der Waals surface area (Å²) in [6, 6.07) is 7.62. The number of hydrogen-bond acceptors (Lipinski definition) is 2. The molecule has 1 saturated carbocycles. The Labute approximate surface area is 114 Å². The molecule has 0 aliphatic heterocycles. The lowest BCUT2D eigenvalue weighted by molar-refractivity contribution is 0.400. The van der Waals surface area contributed by atoms with Crippen molar-refractivity contribution in [3.8, 4) is 0 Å². The van der Waals surface area contributed by atoms with Gasteiger partial charge in [0.15, 0.2) is 0 Å². The normalized spacial score (nSPS) is 23.4. The van der Waals surface area contributed by atoms with Gasteiger partial charge in [-0.2, -0.15) is 0 Å². The van der Waals surface area contributed by atoms with E-state index in [1.54, 1.807) is 23.9 Å². The van der Waals surface area contributed by atoms with Crippen molar-refractivity contribution in [3.05, 3.63) is 30.1 Å². The first-order chi connectivity index (χ1) is 8.79. The monoisotopic (exact) mass is 267 g/mol. The van der Waals surface area contributed by atoms with Crippen molar-refractivity contribution in [1.29, 1.82) is 0 Å². The highest BCUT2D eigenvalue weighted by Crippen LogP contribution is 2.31. The molecule has 0 bridgehead atoms. The van der Waals surface area contributed by atoms with Gasteiger partial charge in [0, 0.05) is 10.9 Å². The quantitative estimate of drug-likeness (QED) is 0.779. The third-order valence-corrected chi connectivity index (χ3v) is 4.71. The van der Waals surface area contributed by atoms with Crippen molar-refractivity contribution in [2.45, 2.75) is 43.5 Å². The summed E-state index contributed by atoms with van der Waals surface area (Å²) in [6.07, 6.45) is 5.26. The maximum Gasteiger partial charge on any atom is 0.124 e. The van der Waals surface area contributed by atoms with Crippen LogP contribution in [-0.4, -0.2) is 18.3 Å². The summed E-state index contributed by atoms with van der Waals surface area (Å²) in [4.78, 5) is 1.05. The average molecular weight is 267 g/mol. The number of benzene rings is 1. The highest BCUT2D eigenvalue weighted by atomic mass is 32.2. The maximum absolute atomic E-state index is 13.0. The van der Waals surface area contributed by atoms with Crippen LogP contribution in [0.1, 0.15) is 32.6 Å². The summed E-state index contributed by atoms with van der Waals surface area (Å²) in [5.41, 5.74) is 0. The SMILES string of the molecule is CCNC1CCCC1CCSc1cccc(F)c1. The highest BCUT2D eigenvalue weighted by Gasteiger charge is 2.25. The molecule has 1 N–H and O–H groups in total. The van der Waals surface area contributed by atoms with E-state index in [2.05, 4.69) is 12.2 Å². The Bertz CT molecular complexity index is 369. The molecule has 1 aliphatic rings. The van der Waals surface area contributed by atoms with Crippen molar-refractivity contribution in [1.82, 2.24) is 5.32 Å². The van der Waals surface area contributed by atoms with Gasteiger partial charge in [0.2, 0.25) is 0 Å². The van der Waals surface area contributed by atoms with Crippen molar-refractivity contribution < 1.29 is 4.39 Å². The third-order valence-electron chi connectivity index (χ3n) is 3.68. The van der Waals surface area contributed by atoms with Crippen LogP contribution in [0.4, 0.5) is 4.39 Å². The third kappa shape index (κ3) is 3.99. The van der Waals surface area contributed by atoms with Crippen LogP contribution in [0.2, 0.25) is 0 Å². The van der Waals surface area contributed by atoms with Gasteiger partial charge in [0.1, 0.15) is 5.82 Å². The molecule has 0 amide bonds. The highest BCUT2D eigenvalue weighted by molar-refractivity contribution is 7.99. The number of rotatable bonds is 6. The smallest absolute Gasteiger partial charge is 0.124 e. The molecule has 1 fully saturated rings. The van der Waals surface area contributed by atoms with Crippen LogP contribution in [0.15, 0.2) is 29.2 Å². The maximum atomic E-state index is 13.0. The van der Waals surface area contributed by atoms with Gasteiger partial charge in [0.05, 0.1) is 0 Å². The second kappa shape index (κ2) is 7.15. The Hall–Kier alpha value is -0.540. The van der Waals surface area contributed by atoms with E-state index in [1.165, 1.54) is 31.7 Å². The van der Waals surface area contributed by atoms with Gasteiger partial charge in [-0.3, -0.25) is 0 Å². The molecule has 2 unspecified atom stereocenters. The molecular formula is C15H22FNS. The summed E-state index contributed by atoms with van der Waals surface area (Å²) in [7, 11) is 0. The van der Waals surface area contributed by atoms with Gasteiger partial charge in [-0.15, -0.1) is 11.8 Å². The van der Waals surface area contributed by atoms with Crippen LogP contribution in [0.25, 0.3) is 0 Å². The van der Waals surface area contributed by atoms with Gasteiger partial charge >= 0.3 is 0 Å². The minimum atomic E-state index is -0.133. The van der Waals surface area contributed by atoms with E-state index >= 15 is 0 Å². The summed E-state index contributed by atoms with van der Waals surface area (Å²) in [6.45, 7) is 3.25. The summed E-state index contributed by atoms with van der Waals surface area (Å²) in [5, 5.41) is 3.58. The van der Waals surface area contributed by atoms with Crippen LogP contribution in [0, 0.1) is 11.7 Å². The Kier molecular flexibility index (Phi) is 5.51. The van der Waals surface area contributed by atoms with Gasteiger partial charge in [0.25, 0.3) is 0 Å². The fraction of sp³-hybridized carbons (Fsp3) is 0.600. The Morgan fingerprint density at radius 2 is 2.28 bits per heavy atom. The minimum Gasteiger partial charge on any atom is -0.314 e. The first-order valence-corrected chi connectivity index (χ1v) is 7.90. The largest absolute Gasteiger partial charge is 0.314 e. The van der Waals surface area contributed by atoms with Crippen LogP contribution in [0.5, 0.6) is 0 Å². The molecule has 1 aromatic rings. The van der Waals surface area contributed by atoms with E-state index in [1.807, 2.05) is 6.07 Å². The van der Waals surface area contributed by atoms with Crippen LogP contribution < -0.4 is 5.32 Å². The van der Waals surface area contributed by atoms with E-state index in [0.29, 0.717) is 6.04 Å². The molecule has 2 rings (SSSR count). The predicted molar refractivity (Wildman–Crippen MR) is 76.5 cm³/mol. The van der Waals surface area contributed by atoms with E-state index in [0.717, 1.165) is 23.1 Å². The van der Waals surface area contributed by atoms with Crippen molar-refractivity contribution in [2.24, 2.45) is 5.92 Å². The average Bonchev–Trinajstić information content (AvgIpc) is 2.78. The molecule has 3 heteroatoms. The fourth-order valence-electron chi connectivity index (χ4n) is 2.80. The lowest BCUT2D eigenvalue weighted by Gasteiger charge is -2.20. The van der Waals surface area contributed by atoms with Crippen molar-refractivity contribution in [3.63, 3.8) is 0 Å². The molecule has 1 aromatic carbocycles. The fourth-order valence-corrected chi connectivity index (χ4v) is 3.83. The predicted octanol–water partition coefficient (Wildman–Crippen LogP) is 4.09. The first-order valence-electron chi connectivity index (χ1n) is 6.91. The summed E-state index contributed by atoms with van der Waals surface area (Å²) < 4.78 is 13.0. The molecule has 0 aromatic heterocycles. The lowest BCUT2D eigenvalue weighted by atomic mass is 10.0. The second-order valence-electron chi connectivity index (χ2n) is 4.95. The van der Waals surface area contributed by atoms with E-state index < -0.39 is 0 Å².